The molecule has 149 heavy (non-hydrogen) atoms. The molecule has 0 spiro atoms. The SMILES string of the molecule is CNS(=O)(=O)NC(=O)c1cc(C2CC2)c(OCC2CN(C(c3ccccc3)c3ccccc3)C2)cc1F.CS(=O)(=O)NC(=O)c1cc(C2CC2)c(OCC2CCN(C(c3ccccc3)c3ccccc3)CC2)cc1F.CS(=O)(=O)NC(=O)c1cc(C2CC2)c(OCC2CN(C(c3ccccc3)c3ccc(Cl)cc3)C2)cc1F.CS(=O)(=O)NC(=O)c1cc(C2CC2)c(OCC2CN(C(c3ccccc3)c3cccc(Cl)c3)C2)cc1F. The molecule has 4 heterocycles. The number of ether oxygens (including phenoxy) is 4. The van der Waals surface area contributed by atoms with Crippen LogP contribution >= 0.6 is 23.2 Å². The minimum atomic E-state index is -4.03. The second-order valence-electron chi connectivity index (χ2n) is 39.7. The van der Waals surface area contributed by atoms with Gasteiger partial charge in [-0.2, -0.15) is 8.42 Å². The van der Waals surface area contributed by atoms with E-state index in [1.807, 2.05) is 115 Å². The van der Waals surface area contributed by atoms with E-state index < -0.39 is 87.2 Å². The van der Waals surface area contributed by atoms with E-state index in [0.717, 1.165) is 169 Å². The molecule has 4 amide bonds. The fourth-order valence-corrected chi connectivity index (χ4v) is 21.9. The summed E-state index contributed by atoms with van der Waals surface area (Å²) >= 11 is 12.4. The molecule has 25 nitrogen and oxygen atoms in total. The van der Waals surface area contributed by atoms with Crippen molar-refractivity contribution in [3.05, 3.63) is 401 Å². The molecule has 4 aliphatic heterocycles. The molecule has 0 aromatic heterocycles. The topological polar surface area (TPSA) is 315 Å². The van der Waals surface area contributed by atoms with Crippen molar-refractivity contribution in [2.45, 2.75) is 112 Å². The number of nitrogens with one attached hydrogen (secondary N) is 5. The Morgan fingerprint density at radius 1 is 0.295 bits per heavy atom. The lowest BCUT2D eigenvalue weighted by atomic mass is 9.90. The molecule has 35 heteroatoms. The maximum absolute atomic E-state index is 14.8. The molecule has 4 aliphatic carbocycles. The molecule has 2 unspecified atom stereocenters. The van der Waals surface area contributed by atoms with Crippen molar-refractivity contribution in [2.75, 3.05) is 105 Å². The number of amides is 4. The van der Waals surface area contributed by atoms with E-state index in [1.165, 1.54) is 89.0 Å². The molecule has 4 saturated carbocycles. The molecule has 12 aromatic rings. The van der Waals surface area contributed by atoms with Gasteiger partial charge in [0.2, 0.25) is 30.1 Å². The zero-order valence-electron chi connectivity index (χ0n) is 82.8. The van der Waals surface area contributed by atoms with Gasteiger partial charge in [-0.25, -0.2) is 66.4 Å². The second kappa shape index (κ2) is 47.9. The third-order valence-electron chi connectivity index (χ3n) is 27.8. The van der Waals surface area contributed by atoms with Crippen molar-refractivity contribution in [1.29, 1.82) is 0 Å². The molecule has 4 saturated heterocycles. The van der Waals surface area contributed by atoms with Crippen molar-refractivity contribution in [3.63, 3.8) is 0 Å². The summed E-state index contributed by atoms with van der Waals surface area (Å²) in [5.41, 5.74) is 11.6. The van der Waals surface area contributed by atoms with Gasteiger partial charge in [0.05, 0.1) is 91.6 Å². The smallest absolute Gasteiger partial charge is 0.301 e. The Morgan fingerprint density at radius 2 is 0.537 bits per heavy atom. The number of nitrogens with zero attached hydrogens (tertiary/aromatic N) is 4. The van der Waals surface area contributed by atoms with E-state index in [2.05, 4.69) is 159 Å². The number of carbonyl (C=O) groups is 4. The van der Waals surface area contributed by atoms with Gasteiger partial charge in [0.15, 0.2) is 0 Å². The molecule has 0 bridgehead atoms. The first-order valence-electron chi connectivity index (χ1n) is 49.9. The van der Waals surface area contributed by atoms with E-state index >= 15 is 0 Å². The maximum Gasteiger partial charge on any atom is 0.301 e. The first kappa shape index (κ1) is 108. The van der Waals surface area contributed by atoms with E-state index in [1.54, 1.807) is 0 Å². The van der Waals surface area contributed by atoms with Crippen molar-refractivity contribution in [2.24, 2.45) is 23.7 Å². The Morgan fingerprint density at radius 3 is 0.792 bits per heavy atom. The zero-order valence-corrected chi connectivity index (χ0v) is 87.5. The Hall–Kier alpha value is -12.4. The van der Waals surface area contributed by atoms with Gasteiger partial charge in [-0.3, -0.25) is 38.8 Å². The maximum atomic E-state index is 14.8. The molecule has 5 N–H and O–H groups in total. The average molecular weight is 2150 g/mol. The van der Waals surface area contributed by atoms with E-state index in [9.17, 15) is 70.4 Å². The van der Waals surface area contributed by atoms with Gasteiger partial charge in [-0.1, -0.05) is 229 Å². The van der Waals surface area contributed by atoms with Crippen LogP contribution in [0.4, 0.5) is 17.6 Å². The first-order chi connectivity index (χ1) is 71.5. The highest BCUT2D eigenvalue weighted by atomic mass is 35.5. The third kappa shape index (κ3) is 29.1. The van der Waals surface area contributed by atoms with Gasteiger partial charge in [-0.05, 0) is 222 Å². The highest BCUT2D eigenvalue weighted by Gasteiger charge is 2.42. The van der Waals surface area contributed by atoms with Gasteiger partial charge in [0, 0.05) is 98.4 Å². The lowest BCUT2D eigenvalue weighted by molar-refractivity contribution is 0.0375. The summed E-state index contributed by atoms with van der Waals surface area (Å²) in [6, 6.07) is 89.5. The number of carbonyl (C=O) groups excluding carboxylic acids is 4. The molecule has 8 fully saturated rings. The zero-order chi connectivity index (χ0) is 105. The number of halogens is 6. The molecular weight excluding hydrogens is 2030 g/mol. The van der Waals surface area contributed by atoms with E-state index in [0.29, 0.717) is 65.4 Å². The van der Waals surface area contributed by atoms with Gasteiger partial charge in [0.25, 0.3) is 23.6 Å². The summed E-state index contributed by atoms with van der Waals surface area (Å²) in [4.78, 5) is 58.9. The summed E-state index contributed by atoms with van der Waals surface area (Å²) in [6.07, 6.45) is 11.9. The number of likely N-dealkylation sites (tertiary alicyclic amines) is 4. The van der Waals surface area contributed by atoms with Crippen molar-refractivity contribution >= 4 is 87.1 Å². The number of hydrogen-bond donors (Lipinski definition) is 5. The Kier molecular flexibility index (Phi) is 34.6. The van der Waals surface area contributed by atoms with Crippen LogP contribution in [0.3, 0.4) is 0 Å². The standard InChI is InChI=1S/C30H33FN2O4S.2C28H28ClFN2O4S.C28H30FN3O4S/c1-38(35,36)32-30(34)26-18-25(22-12-13-22)28(19-27(26)31)37-20-21-14-16-33(17-15-21)29(23-8-4-2-5-9-23)24-10-6-3-7-11-24;1-37(34,35)31-28(33)24-13-23(19-10-11-19)26(14-25(24)30)36-17-18-15-32(16-18)27(20-6-3-2-4-7-20)21-8-5-9-22(29)12-21;1-37(34,35)31-28(33)24-13-23(19-7-8-19)26(14-25(24)30)36-17-18-15-32(16-18)27(20-5-3-2-4-6-20)21-9-11-22(29)12-10-21;1-30-37(34,35)31-28(33)24-14-23(20-12-13-20)26(15-25(24)29)36-18-19-16-32(17-19)27(21-8-4-2-5-9-21)22-10-6-3-7-11-22/h2-11,18-19,21-22,29H,12-17,20H2,1H3,(H,32,34);2-9,12-14,18-19,27H,10-11,15-17H2,1H3,(H,31,33);2-6,9-14,18-19,27H,7-8,15-17H2,1H3,(H,31,33);2-11,14-15,19-20,27,30H,12-13,16-18H2,1H3,(H,31,33). The van der Waals surface area contributed by atoms with Crippen molar-refractivity contribution < 1.29 is 89.4 Å². The normalized spacial score (nSPS) is 16.9. The number of hydrogen-bond acceptors (Lipinski definition) is 20. The van der Waals surface area contributed by atoms with E-state index in [-0.39, 0.29) is 87.8 Å². The molecular formula is C114H119Cl2F4N9O16S4. The number of benzene rings is 12. The molecule has 2 atom stereocenters. The van der Waals surface area contributed by atoms with Crippen LogP contribution in [-0.4, -0.2) is 182 Å². The Labute approximate surface area is 878 Å². The highest BCUT2D eigenvalue weighted by Crippen LogP contribution is 2.51. The number of piperidine rings is 1. The molecule has 782 valence electrons. The van der Waals surface area contributed by atoms with E-state index in [4.69, 9.17) is 42.1 Å². The molecule has 0 radical (unpaired) electrons. The fourth-order valence-electron chi connectivity index (χ4n) is 19.8. The quantitative estimate of drug-likeness (QED) is 0.0226. The van der Waals surface area contributed by atoms with Gasteiger partial charge < -0.3 is 18.9 Å². The summed E-state index contributed by atoms with van der Waals surface area (Å²) < 4.78 is 185. The van der Waals surface area contributed by atoms with Crippen molar-refractivity contribution in [1.82, 2.24) is 43.2 Å². The predicted molar refractivity (Wildman–Crippen MR) is 566 cm³/mol. The Bertz CT molecular complexity index is 7170. The summed E-state index contributed by atoms with van der Waals surface area (Å²) in [5, 5.41) is 1.39. The minimum Gasteiger partial charge on any atom is -0.493 e. The van der Waals surface area contributed by atoms with Crippen LogP contribution in [0.15, 0.2) is 279 Å². The van der Waals surface area contributed by atoms with Crippen LogP contribution in [0, 0.1) is 46.9 Å². The van der Waals surface area contributed by atoms with Crippen LogP contribution in [-0.2, 0) is 40.3 Å². The first-order valence-corrected chi connectivity index (χ1v) is 57.8. The molecule has 20 rings (SSSR count). The summed E-state index contributed by atoms with van der Waals surface area (Å²) in [6.45, 7) is 8.55. The summed E-state index contributed by atoms with van der Waals surface area (Å²) in [5.74, 6) is -3.51. The van der Waals surface area contributed by atoms with Crippen LogP contribution in [0.2, 0.25) is 10.0 Å². The number of sulfonamides is 3. The fraction of sp³-hybridized carbons (Fsp3) is 0.333. The monoisotopic (exact) mass is 2140 g/mol. The highest BCUT2D eigenvalue weighted by molar-refractivity contribution is 7.90. The van der Waals surface area contributed by atoms with Crippen LogP contribution in [0.5, 0.6) is 23.0 Å². The van der Waals surface area contributed by atoms with Gasteiger partial charge in [-0.15, -0.1) is 0 Å². The van der Waals surface area contributed by atoms with Crippen LogP contribution in [0.1, 0.15) is 220 Å². The lowest BCUT2D eigenvalue weighted by Gasteiger charge is -2.44. The average Bonchev–Trinajstić information content (AvgIpc) is 1.46. The van der Waals surface area contributed by atoms with Gasteiger partial charge in [0.1, 0.15) is 46.3 Å². The molecule has 12 aromatic carbocycles. The van der Waals surface area contributed by atoms with Crippen LogP contribution in [0.25, 0.3) is 0 Å². The largest absolute Gasteiger partial charge is 0.493 e. The van der Waals surface area contributed by atoms with Crippen molar-refractivity contribution in [3.8, 4) is 23.0 Å². The minimum absolute atomic E-state index is 0.0725. The molecule has 8 aliphatic rings. The Balaban J connectivity index is 0.000000135. The van der Waals surface area contributed by atoms with Gasteiger partial charge >= 0.3 is 10.2 Å². The number of rotatable bonds is 37. The summed E-state index contributed by atoms with van der Waals surface area (Å²) in [7, 11) is -14.2. The lowest BCUT2D eigenvalue weighted by Crippen LogP contribution is -2.51. The second-order valence-corrected chi connectivity index (χ2v) is 47.4. The third-order valence-corrected chi connectivity index (χ3v) is 30.9. The predicted octanol–water partition coefficient (Wildman–Crippen LogP) is 19.6. The van der Waals surface area contributed by atoms with Crippen LogP contribution < -0.4 is 42.6 Å².